The highest BCUT2D eigenvalue weighted by molar-refractivity contribution is 6.32. The van der Waals surface area contributed by atoms with Gasteiger partial charge in [-0.25, -0.2) is 0 Å². The molecule has 1 aromatic rings. The van der Waals surface area contributed by atoms with Crippen molar-refractivity contribution in [2.45, 2.75) is 39.5 Å². The monoisotopic (exact) mass is 301 g/mol. The van der Waals surface area contributed by atoms with Crippen molar-refractivity contribution in [2.24, 2.45) is 0 Å². The molecule has 0 bridgehead atoms. The number of halogens is 1. The lowest BCUT2D eigenvalue weighted by atomic mass is 10.2. The van der Waals surface area contributed by atoms with E-state index in [4.69, 9.17) is 21.1 Å². The first-order chi connectivity index (χ1) is 9.60. The average molecular weight is 302 g/mol. The molecule has 1 aromatic carbocycles. The molecule has 6 heteroatoms. The molecule has 5 nitrogen and oxygen atoms in total. The van der Waals surface area contributed by atoms with E-state index in [9.17, 15) is 10.1 Å². The first-order valence-corrected chi connectivity index (χ1v) is 7.21. The first kappa shape index (κ1) is 16.6. The van der Waals surface area contributed by atoms with Gasteiger partial charge in [0.1, 0.15) is 5.75 Å². The molecule has 0 heterocycles. The molecule has 0 aromatic heterocycles. The zero-order chi connectivity index (χ0) is 15.0. The molecule has 1 rings (SSSR count). The van der Waals surface area contributed by atoms with Gasteiger partial charge in [0.05, 0.1) is 29.2 Å². The lowest BCUT2D eigenvalue weighted by Crippen LogP contribution is -2.02. The Morgan fingerprint density at radius 3 is 2.15 bits per heavy atom. The Labute approximate surface area is 124 Å². The minimum atomic E-state index is -0.482. The molecular weight excluding hydrogens is 282 g/mol. The predicted octanol–water partition coefficient (Wildman–Crippen LogP) is 4.61. The second-order valence-electron chi connectivity index (χ2n) is 4.41. The molecule has 0 radical (unpaired) electrons. The standard InChI is InChI=1S/C14H20ClNO4/c1-3-5-7-19-13-10-12(16(17)18)14(9-11(13)15)20-8-6-4-2/h9-10H,3-8H2,1-2H3. The number of hydrogen-bond acceptors (Lipinski definition) is 4. The Morgan fingerprint density at radius 1 is 1.10 bits per heavy atom. The van der Waals surface area contributed by atoms with Gasteiger partial charge in [0.15, 0.2) is 5.75 Å². The number of nitrogens with zero attached hydrogens (tertiary/aromatic N) is 1. The fraction of sp³-hybridized carbons (Fsp3) is 0.571. The van der Waals surface area contributed by atoms with Gasteiger partial charge in [0.25, 0.3) is 0 Å². The summed E-state index contributed by atoms with van der Waals surface area (Å²) in [6.45, 7) is 4.99. The zero-order valence-corrected chi connectivity index (χ0v) is 12.6. The normalized spacial score (nSPS) is 10.3. The van der Waals surface area contributed by atoms with E-state index in [0.717, 1.165) is 25.7 Å². The van der Waals surface area contributed by atoms with Crippen LogP contribution in [0.2, 0.25) is 5.02 Å². The minimum Gasteiger partial charge on any atom is -0.492 e. The summed E-state index contributed by atoms with van der Waals surface area (Å²) < 4.78 is 10.9. The highest BCUT2D eigenvalue weighted by Crippen LogP contribution is 2.37. The summed E-state index contributed by atoms with van der Waals surface area (Å²) in [5.74, 6) is 0.519. The summed E-state index contributed by atoms with van der Waals surface area (Å²) in [5, 5.41) is 11.4. The van der Waals surface area contributed by atoms with Crippen LogP contribution in [0.3, 0.4) is 0 Å². The van der Waals surface area contributed by atoms with E-state index in [1.807, 2.05) is 13.8 Å². The van der Waals surface area contributed by atoms with Crippen molar-refractivity contribution in [1.29, 1.82) is 0 Å². The summed E-state index contributed by atoms with van der Waals surface area (Å²) >= 11 is 6.07. The van der Waals surface area contributed by atoms with E-state index >= 15 is 0 Å². The summed E-state index contributed by atoms with van der Waals surface area (Å²) in [6, 6.07) is 2.79. The number of nitro groups is 1. The molecular formula is C14H20ClNO4. The first-order valence-electron chi connectivity index (χ1n) is 6.83. The Hall–Kier alpha value is -1.49. The molecule has 0 fully saturated rings. The van der Waals surface area contributed by atoms with Crippen LogP contribution in [0.1, 0.15) is 39.5 Å². The fourth-order valence-corrected chi connectivity index (χ4v) is 1.75. The Kier molecular flexibility index (Phi) is 7.15. The van der Waals surface area contributed by atoms with Crippen molar-refractivity contribution >= 4 is 17.3 Å². The van der Waals surface area contributed by atoms with E-state index in [-0.39, 0.29) is 11.4 Å². The van der Waals surface area contributed by atoms with Gasteiger partial charge in [-0.1, -0.05) is 38.3 Å². The number of rotatable bonds is 9. The van der Waals surface area contributed by atoms with Gasteiger partial charge in [0, 0.05) is 6.07 Å². The van der Waals surface area contributed by atoms with Crippen LogP contribution in [0, 0.1) is 10.1 Å². The second kappa shape index (κ2) is 8.64. The topological polar surface area (TPSA) is 61.6 Å². The van der Waals surface area contributed by atoms with Crippen LogP contribution < -0.4 is 9.47 Å². The lowest BCUT2D eigenvalue weighted by Gasteiger charge is -2.11. The second-order valence-corrected chi connectivity index (χ2v) is 4.82. The third-order valence-corrected chi connectivity index (χ3v) is 3.02. The Morgan fingerprint density at radius 2 is 1.65 bits per heavy atom. The maximum absolute atomic E-state index is 11.1. The summed E-state index contributed by atoms with van der Waals surface area (Å²) in [5.41, 5.74) is -0.114. The molecule has 0 saturated carbocycles. The van der Waals surface area contributed by atoms with Crippen LogP contribution in [0.25, 0.3) is 0 Å². The van der Waals surface area contributed by atoms with Crippen molar-refractivity contribution in [3.05, 3.63) is 27.3 Å². The van der Waals surface area contributed by atoms with Gasteiger partial charge < -0.3 is 9.47 Å². The van der Waals surface area contributed by atoms with Gasteiger partial charge in [-0.2, -0.15) is 0 Å². The van der Waals surface area contributed by atoms with Crippen molar-refractivity contribution in [1.82, 2.24) is 0 Å². The van der Waals surface area contributed by atoms with E-state index in [1.165, 1.54) is 12.1 Å². The van der Waals surface area contributed by atoms with Crippen LogP contribution in [0.15, 0.2) is 12.1 Å². The van der Waals surface area contributed by atoms with Crippen LogP contribution in [-0.4, -0.2) is 18.1 Å². The third kappa shape index (κ3) is 4.89. The Bertz CT molecular complexity index is 451. The van der Waals surface area contributed by atoms with Gasteiger partial charge in [0.2, 0.25) is 0 Å². The van der Waals surface area contributed by atoms with E-state index in [2.05, 4.69) is 0 Å². The number of nitro benzene ring substituents is 1. The van der Waals surface area contributed by atoms with Crippen LogP contribution in [-0.2, 0) is 0 Å². The maximum Gasteiger partial charge on any atom is 0.314 e. The molecule has 0 aliphatic heterocycles. The van der Waals surface area contributed by atoms with Crippen LogP contribution in [0.5, 0.6) is 11.5 Å². The largest absolute Gasteiger partial charge is 0.492 e. The smallest absolute Gasteiger partial charge is 0.314 e. The van der Waals surface area contributed by atoms with Crippen LogP contribution in [0.4, 0.5) is 5.69 Å². The van der Waals surface area contributed by atoms with Crippen molar-refractivity contribution in [3.8, 4) is 11.5 Å². The summed E-state index contributed by atoms with van der Waals surface area (Å²) in [4.78, 5) is 10.6. The number of unbranched alkanes of at least 4 members (excludes halogenated alkanes) is 2. The summed E-state index contributed by atoms with van der Waals surface area (Å²) in [6.07, 6.45) is 3.65. The molecule has 0 saturated heterocycles. The van der Waals surface area contributed by atoms with E-state index in [1.54, 1.807) is 0 Å². The summed E-state index contributed by atoms with van der Waals surface area (Å²) in [7, 11) is 0. The van der Waals surface area contributed by atoms with Gasteiger partial charge in [-0.15, -0.1) is 0 Å². The Balaban J connectivity index is 2.89. The highest BCUT2D eigenvalue weighted by Gasteiger charge is 2.19. The molecule has 0 unspecified atom stereocenters. The molecule has 20 heavy (non-hydrogen) atoms. The van der Waals surface area contributed by atoms with Gasteiger partial charge in [-0.05, 0) is 12.8 Å². The van der Waals surface area contributed by atoms with E-state index < -0.39 is 4.92 Å². The molecule has 0 aliphatic carbocycles. The van der Waals surface area contributed by atoms with E-state index in [0.29, 0.717) is 24.0 Å². The molecule has 0 aliphatic rings. The fourth-order valence-electron chi connectivity index (χ4n) is 1.55. The quantitative estimate of drug-likeness (QED) is 0.380. The number of ether oxygens (including phenoxy) is 2. The molecule has 0 N–H and O–H groups in total. The minimum absolute atomic E-state index is 0.114. The molecule has 0 atom stereocenters. The van der Waals surface area contributed by atoms with Gasteiger partial charge in [-0.3, -0.25) is 10.1 Å². The predicted molar refractivity (Wildman–Crippen MR) is 78.9 cm³/mol. The highest BCUT2D eigenvalue weighted by atomic mass is 35.5. The van der Waals surface area contributed by atoms with Crippen molar-refractivity contribution in [3.63, 3.8) is 0 Å². The molecule has 112 valence electrons. The third-order valence-electron chi connectivity index (χ3n) is 2.72. The average Bonchev–Trinajstić information content (AvgIpc) is 2.41. The van der Waals surface area contributed by atoms with Crippen molar-refractivity contribution < 1.29 is 14.4 Å². The van der Waals surface area contributed by atoms with Gasteiger partial charge >= 0.3 is 5.69 Å². The van der Waals surface area contributed by atoms with Crippen LogP contribution >= 0.6 is 11.6 Å². The number of hydrogen-bond donors (Lipinski definition) is 0. The SMILES string of the molecule is CCCCOc1cc([N+](=O)[O-])c(OCCCC)cc1Cl. The maximum atomic E-state index is 11.1. The number of benzene rings is 1. The molecule has 0 amide bonds. The zero-order valence-electron chi connectivity index (χ0n) is 11.9. The van der Waals surface area contributed by atoms with Crippen molar-refractivity contribution in [2.75, 3.05) is 13.2 Å². The lowest BCUT2D eigenvalue weighted by molar-refractivity contribution is -0.385. The molecule has 0 spiro atoms.